The lowest BCUT2D eigenvalue weighted by atomic mass is 9.81. The molecule has 382 valence electrons. The zero-order valence-electron chi connectivity index (χ0n) is 45.3. The van der Waals surface area contributed by atoms with Crippen LogP contribution in [0.3, 0.4) is 0 Å². The first kappa shape index (κ1) is 47.9. The van der Waals surface area contributed by atoms with E-state index in [0.717, 1.165) is 0 Å². The van der Waals surface area contributed by atoms with Crippen LogP contribution in [0.2, 0.25) is 0 Å². The third kappa shape index (κ3) is 8.35. The summed E-state index contributed by atoms with van der Waals surface area (Å²) in [5.41, 5.74) is 26.6. The number of nitrogens with zero attached hydrogens (tertiary/aromatic N) is 2. The lowest BCUT2D eigenvalue weighted by Crippen LogP contribution is -2.15. The van der Waals surface area contributed by atoms with Crippen LogP contribution in [0.5, 0.6) is 0 Å². The number of fused-ring (bicyclic) bond motifs is 9. The van der Waals surface area contributed by atoms with Crippen LogP contribution >= 0.6 is 0 Å². The standard InChI is InChI=1S/C79H56N2/c1-79(2)73-49-53(47-69(57-19-7-3-8-20-57)59-37-33-55(34-38-59)61-41-45-77-71(51-61)67-27-15-17-29-75(67)80(77)63-23-11-5-12-24-63)31-43-65(73)66-44-32-54(50-74(66)79)48-70(58-21-9-4-10-22-58)60-39-35-56(36-40-60)62-42-46-78-72(52-62)68-28-16-18-30-76(68)81(78)64-25-13-6-14-26-64/h3-52H,1-2H3/b69-47+,70-48+. The Kier molecular flexibility index (Phi) is 11.6. The fraction of sp³-hybridized carbons (Fsp3) is 0.0380. The van der Waals surface area contributed by atoms with Gasteiger partial charge in [-0.1, -0.05) is 244 Å². The van der Waals surface area contributed by atoms with Gasteiger partial charge in [-0.25, -0.2) is 0 Å². The highest BCUT2D eigenvalue weighted by Crippen LogP contribution is 2.50. The van der Waals surface area contributed by atoms with Gasteiger partial charge in [-0.3, -0.25) is 0 Å². The Bertz CT molecular complexity index is 4460. The molecular weight excluding hydrogens is 977 g/mol. The molecular formula is C79H56N2. The van der Waals surface area contributed by atoms with Crippen molar-refractivity contribution in [2.45, 2.75) is 19.3 Å². The SMILES string of the molecule is CC1(C)c2cc(/C=C(\c3ccccc3)c3ccc(-c4ccc5c(c4)c4ccccc4n5-c4ccccc4)cc3)ccc2-c2ccc(/C=C(\c3ccccc3)c3ccc(-c4ccc5c(c4)c4ccccc4n5-c4ccccc4)cc3)cc21. The molecule has 0 saturated heterocycles. The summed E-state index contributed by atoms with van der Waals surface area (Å²) in [4.78, 5) is 0. The largest absolute Gasteiger partial charge is 0.309 e. The van der Waals surface area contributed by atoms with Crippen LogP contribution < -0.4 is 0 Å². The maximum Gasteiger partial charge on any atom is 0.0541 e. The topological polar surface area (TPSA) is 9.86 Å². The monoisotopic (exact) mass is 1030 g/mol. The Morgan fingerprint density at radius 2 is 0.617 bits per heavy atom. The maximum absolute atomic E-state index is 2.43. The summed E-state index contributed by atoms with van der Waals surface area (Å²) in [5, 5.41) is 5.02. The molecule has 12 aromatic carbocycles. The molecule has 1 aliphatic carbocycles. The fourth-order valence-corrected chi connectivity index (χ4v) is 12.9. The van der Waals surface area contributed by atoms with Crippen molar-refractivity contribution in [2.24, 2.45) is 0 Å². The highest BCUT2D eigenvalue weighted by molar-refractivity contribution is 6.12. The van der Waals surface area contributed by atoms with Crippen molar-refractivity contribution < 1.29 is 0 Å². The third-order valence-electron chi connectivity index (χ3n) is 16.9. The van der Waals surface area contributed by atoms with E-state index in [1.165, 1.54) is 144 Å². The molecule has 0 atom stereocenters. The summed E-state index contributed by atoms with van der Waals surface area (Å²) in [7, 11) is 0. The van der Waals surface area contributed by atoms with Crippen LogP contribution in [0.4, 0.5) is 0 Å². The van der Waals surface area contributed by atoms with E-state index in [0.29, 0.717) is 0 Å². The van der Waals surface area contributed by atoms with Gasteiger partial charge >= 0.3 is 0 Å². The Morgan fingerprint density at radius 3 is 1.02 bits per heavy atom. The summed E-state index contributed by atoms with van der Waals surface area (Å²) < 4.78 is 4.75. The number of aromatic nitrogens is 2. The van der Waals surface area contributed by atoms with Crippen molar-refractivity contribution in [3.63, 3.8) is 0 Å². The summed E-state index contributed by atoms with van der Waals surface area (Å²) in [6.45, 7) is 4.78. The lowest BCUT2D eigenvalue weighted by molar-refractivity contribution is 0.660. The van der Waals surface area contributed by atoms with Gasteiger partial charge in [0.15, 0.2) is 0 Å². The molecule has 0 spiro atoms. The molecule has 0 radical (unpaired) electrons. The van der Waals surface area contributed by atoms with Crippen molar-refractivity contribution >= 4 is 66.9 Å². The molecule has 0 unspecified atom stereocenters. The molecule has 15 rings (SSSR count). The molecule has 1 aliphatic rings. The van der Waals surface area contributed by atoms with Crippen molar-refractivity contribution in [2.75, 3.05) is 0 Å². The minimum atomic E-state index is -0.218. The number of rotatable bonds is 10. The second-order valence-corrected chi connectivity index (χ2v) is 22.1. The lowest BCUT2D eigenvalue weighted by Gasteiger charge is -2.22. The summed E-state index contributed by atoms with van der Waals surface area (Å²) in [6.07, 6.45) is 4.76. The second-order valence-electron chi connectivity index (χ2n) is 22.1. The van der Waals surface area contributed by atoms with Gasteiger partial charge in [-0.05, 0) is 162 Å². The van der Waals surface area contributed by atoms with Gasteiger partial charge in [0.2, 0.25) is 0 Å². The Hall–Kier alpha value is -10.3. The molecule has 0 bridgehead atoms. The highest BCUT2D eigenvalue weighted by atomic mass is 15.0. The van der Waals surface area contributed by atoms with E-state index >= 15 is 0 Å². The average Bonchev–Trinajstić information content (AvgIpc) is 4.35. The summed E-state index contributed by atoms with van der Waals surface area (Å²) in [5.74, 6) is 0. The van der Waals surface area contributed by atoms with Gasteiger partial charge in [0, 0.05) is 38.3 Å². The van der Waals surface area contributed by atoms with Crippen LogP contribution in [0.1, 0.15) is 58.4 Å². The van der Waals surface area contributed by atoms with E-state index in [1.54, 1.807) is 0 Å². The van der Waals surface area contributed by atoms with Crippen LogP contribution in [-0.4, -0.2) is 9.13 Å². The van der Waals surface area contributed by atoms with Crippen LogP contribution in [0.25, 0.3) is 112 Å². The summed E-state index contributed by atoms with van der Waals surface area (Å²) >= 11 is 0. The highest BCUT2D eigenvalue weighted by Gasteiger charge is 2.35. The Balaban J connectivity index is 0.738. The molecule has 14 aromatic rings. The maximum atomic E-state index is 2.43. The first-order valence-corrected chi connectivity index (χ1v) is 28.1. The van der Waals surface area contributed by atoms with E-state index in [4.69, 9.17) is 0 Å². The quantitative estimate of drug-likeness (QED) is 0.121. The summed E-state index contributed by atoms with van der Waals surface area (Å²) in [6, 6.07) is 107. The molecule has 0 fully saturated rings. The van der Waals surface area contributed by atoms with Crippen LogP contribution in [-0.2, 0) is 5.41 Å². The number of hydrogen-bond acceptors (Lipinski definition) is 0. The molecule has 2 heteroatoms. The first-order valence-electron chi connectivity index (χ1n) is 28.1. The van der Waals surface area contributed by atoms with Crippen LogP contribution in [0.15, 0.2) is 291 Å². The molecule has 2 nitrogen and oxygen atoms in total. The number of para-hydroxylation sites is 4. The Morgan fingerprint density at radius 1 is 0.284 bits per heavy atom. The third-order valence-corrected chi connectivity index (χ3v) is 16.9. The molecule has 2 aromatic heterocycles. The first-order chi connectivity index (χ1) is 39.9. The minimum absolute atomic E-state index is 0.218. The van der Waals surface area contributed by atoms with E-state index in [-0.39, 0.29) is 5.41 Å². The van der Waals surface area contributed by atoms with Crippen molar-refractivity contribution in [3.05, 3.63) is 336 Å². The Labute approximate surface area is 473 Å². The van der Waals surface area contributed by atoms with Crippen molar-refractivity contribution in [3.8, 4) is 44.8 Å². The second kappa shape index (κ2) is 19.6. The minimum Gasteiger partial charge on any atom is -0.309 e. The van der Waals surface area contributed by atoms with E-state index in [9.17, 15) is 0 Å². The van der Waals surface area contributed by atoms with Gasteiger partial charge in [0.05, 0.1) is 22.1 Å². The number of hydrogen-bond donors (Lipinski definition) is 0. The molecule has 2 heterocycles. The normalized spacial score (nSPS) is 13.1. The van der Waals surface area contributed by atoms with Crippen LogP contribution in [0, 0.1) is 0 Å². The van der Waals surface area contributed by atoms with E-state index in [1.807, 2.05) is 0 Å². The molecule has 0 N–H and O–H groups in total. The predicted molar refractivity (Wildman–Crippen MR) is 343 cm³/mol. The fourth-order valence-electron chi connectivity index (χ4n) is 12.9. The van der Waals surface area contributed by atoms with Gasteiger partial charge in [-0.2, -0.15) is 0 Å². The molecule has 0 aliphatic heterocycles. The van der Waals surface area contributed by atoms with Gasteiger partial charge in [0.1, 0.15) is 0 Å². The predicted octanol–water partition coefficient (Wildman–Crippen LogP) is 20.7. The zero-order chi connectivity index (χ0) is 54.0. The molecule has 0 saturated carbocycles. The van der Waals surface area contributed by atoms with Gasteiger partial charge in [0.25, 0.3) is 0 Å². The van der Waals surface area contributed by atoms with Crippen molar-refractivity contribution in [1.82, 2.24) is 9.13 Å². The molecule has 0 amide bonds. The average molecular weight is 1030 g/mol. The zero-order valence-corrected chi connectivity index (χ0v) is 45.3. The van der Waals surface area contributed by atoms with Crippen molar-refractivity contribution in [1.29, 1.82) is 0 Å². The molecule has 81 heavy (non-hydrogen) atoms. The van der Waals surface area contributed by atoms with E-state index in [2.05, 4.69) is 326 Å². The smallest absolute Gasteiger partial charge is 0.0541 e. The van der Waals surface area contributed by atoms with Gasteiger partial charge < -0.3 is 9.13 Å². The van der Waals surface area contributed by atoms with E-state index < -0.39 is 0 Å². The van der Waals surface area contributed by atoms with Gasteiger partial charge in [-0.15, -0.1) is 0 Å². The number of benzene rings is 12.